The fourth-order valence-electron chi connectivity index (χ4n) is 1.82. The standard InChI is InChI=1S/C16H15BrN2O/c1-11(18-14-9-7-13(17)8-10-14)15-5-3-4-6-16(15)19-12(2)20/h3-10,18H,1H2,2H3,(H,19,20). The van der Waals surface area contributed by atoms with Crippen LogP contribution in [-0.4, -0.2) is 5.91 Å². The number of amides is 1. The second-order valence-corrected chi connectivity index (χ2v) is 5.25. The molecule has 2 aromatic carbocycles. The van der Waals surface area contributed by atoms with Crippen molar-refractivity contribution in [3.63, 3.8) is 0 Å². The minimum Gasteiger partial charge on any atom is -0.355 e. The molecule has 0 aliphatic heterocycles. The van der Waals surface area contributed by atoms with E-state index in [2.05, 4.69) is 33.1 Å². The number of benzene rings is 2. The van der Waals surface area contributed by atoms with Gasteiger partial charge in [0.25, 0.3) is 0 Å². The summed E-state index contributed by atoms with van der Waals surface area (Å²) < 4.78 is 1.02. The fourth-order valence-corrected chi connectivity index (χ4v) is 2.08. The number of carbonyl (C=O) groups is 1. The molecule has 1 amide bonds. The van der Waals surface area contributed by atoms with E-state index in [-0.39, 0.29) is 5.91 Å². The summed E-state index contributed by atoms with van der Waals surface area (Å²) in [5.41, 5.74) is 3.28. The lowest BCUT2D eigenvalue weighted by atomic mass is 10.1. The predicted molar refractivity (Wildman–Crippen MR) is 87.5 cm³/mol. The van der Waals surface area contributed by atoms with Crippen molar-refractivity contribution in [3.8, 4) is 0 Å². The molecule has 4 heteroatoms. The molecule has 0 heterocycles. The van der Waals surface area contributed by atoms with Crippen LogP contribution < -0.4 is 10.6 Å². The van der Waals surface area contributed by atoms with Crippen LogP contribution in [0, 0.1) is 0 Å². The Morgan fingerprint density at radius 2 is 1.70 bits per heavy atom. The van der Waals surface area contributed by atoms with Crippen LogP contribution in [0.4, 0.5) is 11.4 Å². The first kappa shape index (κ1) is 14.3. The molecule has 102 valence electrons. The van der Waals surface area contributed by atoms with Gasteiger partial charge in [0.1, 0.15) is 0 Å². The lowest BCUT2D eigenvalue weighted by Gasteiger charge is -2.14. The summed E-state index contributed by atoms with van der Waals surface area (Å²) in [4.78, 5) is 11.2. The van der Waals surface area contributed by atoms with E-state index in [0.717, 1.165) is 27.1 Å². The zero-order valence-corrected chi connectivity index (χ0v) is 12.7. The number of rotatable bonds is 4. The number of nitrogens with one attached hydrogen (secondary N) is 2. The van der Waals surface area contributed by atoms with Crippen molar-refractivity contribution in [2.45, 2.75) is 6.92 Å². The van der Waals surface area contributed by atoms with E-state index in [9.17, 15) is 4.79 Å². The van der Waals surface area contributed by atoms with Gasteiger partial charge in [-0.15, -0.1) is 0 Å². The van der Waals surface area contributed by atoms with Gasteiger partial charge in [-0.25, -0.2) is 0 Å². The summed E-state index contributed by atoms with van der Waals surface area (Å²) in [5, 5.41) is 6.03. The molecule has 0 aromatic heterocycles. The van der Waals surface area contributed by atoms with Gasteiger partial charge in [-0.05, 0) is 30.3 Å². The third-order valence-corrected chi connectivity index (χ3v) is 3.23. The van der Waals surface area contributed by atoms with Gasteiger partial charge in [-0.3, -0.25) is 4.79 Å². The first-order valence-electron chi connectivity index (χ1n) is 6.15. The predicted octanol–water partition coefficient (Wildman–Crippen LogP) is 4.49. The second kappa shape index (κ2) is 6.39. The Morgan fingerprint density at radius 1 is 1.05 bits per heavy atom. The maximum Gasteiger partial charge on any atom is 0.221 e. The monoisotopic (exact) mass is 330 g/mol. The van der Waals surface area contributed by atoms with E-state index in [4.69, 9.17) is 0 Å². The summed E-state index contributed by atoms with van der Waals surface area (Å²) in [6.07, 6.45) is 0. The van der Waals surface area contributed by atoms with E-state index in [0.29, 0.717) is 0 Å². The van der Waals surface area contributed by atoms with Gasteiger partial charge in [-0.2, -0.15) is 0 Å². The maximum atomic E-state index is 11.2. The Hall–Kier alpha value is -2.07. The van der Waals surface area contributed by atoms with Crippen LogP contribution in [0.25, 0.3) is 5.70 Å². The smallest absolute Gasteiger partial charge is 0.221 e. The maximum absolute atomic E-state index is 11.2. The molecule has 0 bridgehead atoms. The van der Waals surface area contributed by atoms with Crippen LogP contribution in [-0.2, 0) is 4.79 Å². The van der Waals surface area contributed by atoms with Crippen molar-refractivity contribution >= 4 is 38.9 Å². The Balaban J connectivity index is 2.20. The van der Waals surface area contributed by atoms with Crippen LogP contribution in [0.1, 0.15) is 12.5 Å². The number of hydrogen-bond donors (Lipinski definition) is 2. The first-order valence-corrected chi connectivity index (χ1v) is 6.94. The Bertz CT molecular complexity index is 635. The summed E-state index contributed by atoms with van der Waals surface area (Å²) in [5.74, 6) is -0.103. The summed E-state index contributed by atoms with van der Waals surface area (Å²) >= 11 is 3.40. The van der Waals surface area contributed by atoms with E-state index < -0.39 is 0 Å². The minimum atomic E-state index is -0.103. The van der Waals surface area contributed by atoms with Gasteiger partial charge in [-0.1, -0.05) is 40.7 Å². The minimum absolute atomic E-state index is 0.103. The lowest BCUT2D eigenvalue weighted by Crippen LogP contribution is -2.09. The van der Waals surface area contributed by atoms with Gasteiger partial charge >= 0.3 is 0 Å². The second-order valence-electron chi connectivity index (χ2n) is 4.34. The van der Waals surface area contributed by atoms with Crippen molar-refractivity contribution in [2.75, 3.05) is 10.6 Å². The fraction of sp³-hybridized carbons (Fsp3) is 0.0625. The molecule has 0 aliphatic carbocycles. The van der Waals surface area contributed by atoms with Gasteiger partial charge in [0, 0.05) is 28.3 Å². The molecular weight excluding hydrogens is 316 g/mol. The third-order valence-electron chi connectivity index (χ3n) is 2.70. The van der Waals surface area contributed by atoms with Crippen LogP contribution in [0.3, 0.4) is 0 Å². The molecule has 2 aromatic rings. The molecule has 0 spiro atoms. The van der Waals surface area contributed by atoms with Gasteiger partial charge in [0.05, 0.1) is 5.69 Å². The number of carbonyl (C=O) groups excluding carboxylic acids is 1. The molecule has 0 unspecified atom stereocenters. The molecular formula is C16H15BrN2O. The normalized spacial score (nSPS) is 9.90. The third kappa shape index (κ3) is 3.71. The van der Waals surface area contributed by atoms with E-state index in [1.165, 1.54) is 6.92 Å². The molecule has 0 fully saturated rings. The van der Waals surface area contributed by atoms with Crippen molar-refractivity contribution in [3.05, 3.63) is 65.1 Å². The highest BCUT2D eigenvalue weighted by Gasteiger charge is 2.07. The summed E-state index contributed by atoms with van der Waals surface area (Å²) in [6.45, 7) is 5.52. The van der Waals surface area contributed by atoms with Gasteiger partial charge in [0.15, 0.2) is 0 Å². The summed E-state index contributed by atoms with van der Waals surface area (Å²) in [6, 6.07) is 15.4. The highest BCUT2D eigenvalue weighted by Crippen LogP contribution is 2.25. The summed E-state index contributed by atoms with van der Waals surface area (Å²) in [7, 11) is 0. The van der Waals surface area contributed by atoms with Gasteiger partial charge in [0.2, 0.25) is 5.91 Å². The largest absolute Gasteiger partial charge is 0.355 e. The molecule has 0 aliphatic rings. The number of hydrogen-bond acceptors (Lipinski definition) is 2. The molecule has 2 rings (SSSR count). The zero-order valence-electron chi connectivity index (χ0n) is 11.1. The molecule has 20 heavy (non-hydrogen) atoms. The molecule has 3 nitrogen and oxygen atoms in total. The average molecular weight is 331 g/mol. The molecule has 0 saturated carbocycles. The molecule has 0 atom stereocenters. The SMILES string of the molecule is C=C(Nc1ccc(Br)cc1)c1ccccc1NC(C)=O. The van der Waals surface area contributed by atoms with E-state index in [1.807, 2.05) is 48.5 Å². The van der Waals surface area contributed by atoms with Crippen molar-refractivity contribution in [1.29, 1.82) is 0 Å². The lowest BCUT2D eigenvalue weighted by molar-refractivity contribution is -0.114. The van der Waals surface area contributed by atoms with Crippen molar-refractivity contribution in [2.24, 2.45) is 0 Å². The first-order chi connectivity index (χ1) is 9.56. The highest BCUT2D eigenvalue weighted by molar-refractivity contribution is 9.10. The Labute approximate surface area is 126 Å². The Morgan fingerprint density at radius 3 is 2.35 bits per heavy atom. The number of para-hydroxylation sites is 1. The van der Waals surface area contributed by atoms with Crippen LogP contribution >= 0.6 is 15.9 Å². The van der Waals surface area contributed by atoms with Crippen LogP contribution in [0.5, 0.6) is 0 Å². The molecule has 2 N–H and O–H groups in total. The zero-order chi connectivity index (χ0) is 14.5. The average Bonchev–Trinajstić information content (AvgIpc) is 2.41. The topological polar surface area (TPSA) is 41.1 Å². The van der Waals surface area contributed by atoms with E-state index in [1.54, 1.807) is 0 Å². The van der Waals surface area contributed by atoms with Crippen molar-refractivity contribution in [1.82, 2.24) is 0 Å². The quantitative estimate of drug-likeness (QED) is 0.867. The number of halogens is 1. The van der Waals surface area contributed by atoms with E-state index >= 15 is 0 Å². The highest BCUT2D eigenvalue weighted by atomic mass is 79.9. The van der Waals surface area contributed by atoms with Crippen LogP contribution in [0.15, 0.2) is 59.6 Å². The van der Waals surface area contributed by atoms with Gasteiger partial charge < -0.3 is 10.6 Å². The Kier molecular flexibility index (Phi) is 4.58. The number of anilines is 2. The van der Waals surface area contributed by atoms with Crippen molar-refractivity contribution < 1.29 is 4.79 Å². The van der Waals surface area contributed by atoms with Crippen LogP contribution in [0.2, 0.25) is 0 Å². The molecule has 0 saturated heterocycles. The molecule has 0 radical (unpaired) electrons.